The third kappa shape index (κ3) is 9.05. The van der Waals surface area contributed by atoms with E-state index in [4.69, 9.17) is 42.3 Å². The Bertz CT molecular complexity index is 3810. The Morgan fingerprint density at radius 3 is 1.12 bits per heavy atom. The number of ether oxygens (including phenoxy) is 8. The zero-order valence-electron chi connectivity index (χ0n) is 43.6. The summed E-state index contributed by atoms with van der Waals surface area (Å²) in [4.78, 5) is 71.6. The fraction of sp³-hybridized carbons (Fsp3) is 0.218. The number of phenolic OH excluding ortho intramolecular Hbond substituents is 9. The van der Waals surface area contributed by atoms with Crippen molar-refractivity contribution < 1.29 is 107 Å². The third-order valence-electron chi connectivity index (χ3n) is 13.1. The molecule has 0 atom stereocenters. The smallest absolute Gasteiger partial charge is 0.344 e. The molecule has 1 heterocycles. The number of carbonyl (C=O) groups is 4. The molecule has 9 N–H and O–H groups in total. The van der Waals surface area contributed by atoms with Gasteiger partial charge in [0.05, 0.1) is 50.7 Å². The number of esters is 4. The van der Waals surface area contributed by atoms with Crippen LogP contribution in [0.1, 0.15) is 85.9 Å². The van der Waals surface area contributed by atoms with Crippen LogP contribution in [0.25, 0.3) is 22.3 Å². The Balaban J connectivity index is 1.49. The van der Waals surface area contributed by atoms with Gasteiger partial charge in [-0.3, -0.25) is 4.79 Å². The van der Waals surface area contributed by atoms with E-state index < -0.39 is 126 Å². The molecule has 23 nitrogen and oxygen atoms in total. The van der Waals surface area contributed by atoms with E-state index in [-0.39, 0.29) is 89.8 Å². The lowest BCUT2D eigenvalue weighted by Gasteiger charge is -2.19. The van der Waals surface area contributed by atoms with Gasteiger partial charge in [-0.25, -0.2) is 19.2 Å². The van der Waals surface area contributed by atoms with Crippen molar-refractivity contribution in [3.63, 3.8) is 0 Å². The van der Waals surface area contributed by atoms with Crippen molar-refractivity contribution in [3.8, 4) is 109 Å². The monoisotopic (exact) mass is 1080 g/mol. The van der Waals surface area contributed by atoms with Crippen LogP contribution in [0.15, 0.2) is 39.5 Å². The number of rotatable bonds is 13. The summed E-state index contributed by atoms with van der Waals surface area (Å²) in [5, 5.41) is 96.1. The van der Waals surface area contributed by atoms with Crippen molar-refractivity contribution in [2.24, 2.45) is 0 Å². The van der Waals surface area contributed by atoms with Gasteiger partial charge in [0.1, 0.15) is 22.5 Å². The summed E-state index contributed by atoms with van der Waals surface area (Å²) >= 11 is 0. The van der Waals surface area contributed by atoms with E-state index in [1.807, 2.05) is 0 Å². The van der Waals surface area contributed by atoms with Gasteiger partial charge in [0.25, 0.3) is 0 Å². The number of fused-ring (bicyclic) bond motifs is 1. The molecule has 0 radical (unpaired) electrons. The van der Waals surface area contributed by atoms with Crippen molar-refractivity contribution in [2.45, 2.75) is 55.4 Å². The summed E-state index contributed by atoms with van der Waals surface area (Å²) in [6.45, 7) is 10.6. The molecule has 1 aromatic heterocycles. The molecule has 0 fully saturated rings. The second kappa shape index (κ2) is 20.8. The lowest BCUT2D eigenvalue weighted by Crippen LogP contribution is -2.19. The Morgan fingerprint density at radius 1 is 0.397 bits per heavy atom. The number of benzene rings is 6. The minimum Gasteiger partial charge on any atom is -0.507 e. The highest BCUT2D eigenvalue weighted by Gasteiger charge is 2.33. The molecule has 0 unspecified atom stereocenters. The lowest BCUT2D eigenvalue weighted by molar-refractivity contribution is 0.0679. The van der Waals surface area contributed by atoms with Gasteiger partial charge < -0.3 is 88.3 Å². The predicted molar refractivity (Wildman–Crippen MR) is 273 cm³/mol. The van der Waals surface area contributed by atoms with Crippen LogP contribution in [0.5, 0.6) is 97.7 Å². The second-order valence-corrected chi connectivity index (χ2v) is 17.5. The van der Waals surface area contributed by atoms with E-state index in [1.54, 1.807) is 0 Å². The van der Waals surface area contributed by atoms with Gasteiger partial charge in [0.15, 0.2) is 63.3 Å². The first kappa shape index (κ1) is 55.6. The van der Waals surface area contributed by atoms with E-state index in [1.165, 1.54) is 69.6 Å². The quantitative estimate of drug-likeness (QED) is 0.0298. The average Bonchev–Trinajstić information content (AvgIpc) is 3.47. The molecular formula is C55H50O23. The number of methoxy groups -OCH3 is 4. The van der Waals surface area contributed by atoms with Gasteiger partial charge in [-0.2, -0.15) is 0 Å². The van der Waals surface area contributed by atoms with Gasteiger partial charge in [0, 0.05) is 62.2 Å². The summed E-state index contributed by atoms with van der Waals surface area (Å²) in [6.07, 6.45) is 0. The Kier molecular flexibility index (Phi) is 14.8. The third-order valence-corrected chi connectivity index (χ3v) is 13.1. The maximum absolute atomic E-state index is 14.8. The molecule has 78 heavy (non-hydrogen) atoms. The van der Waals surface area contributed by atoms with Gasteiger partial charge >= 0.3 is 23.9 Å². The van der Waals surface area contributed by atoms with Crippen molar-refractivity contribution in [3.05, 3.63) is 107 Å². The van der Waals surface area contributed by atoms with Crippen molar-refractivity contribution in [2.75, 3.05) is 28.4 Å². The molecular weight excluding hydrogens is 1030 g/mol. The van der Waals surface area contributed by atoms with Crippen LogP contribution in [-0.2, 0) is 0 Å². The fourth-order valence-electron chi connectivity index (χ4n) is 9.14. The maximum atomic E-state index is 14.8. The standard InChI is InChI=1S/C55H50O23/c1-18-32(22(5)46(70-9)42(62)37(18)57)52(66)74-27-16-28(56)36-31(17-27)75-50(51(41(36)61)78-55(69)35-21(4)40(60)45(65)49(73-12)25(35)8)26-13-14-29(76-53(67)33-19(2)38(58)43(63)47(71-10)23(33)6)30(15-26)77-54(68)34-20(3)39(59)44(64)48(72-11)24(34)7/h13-17,56-60,62-65H,1-12H3. The molecule has 6 aromatic carbocycles. The zero-order valence-corrected chi connectivity index (χ0v) is 43.6. The Morgan fingerprint density at radius 2 is 0.744 bits per heavy atom. The molecule has 0 aliphatic heterocycles. The normalized spacial score (nSPS) is 11.0. The van der Waals surface area contributed by atoms with Gasteiger partial charge in [-0.15, -0.1) is 0 Å². The summed E-state index contributed by atoms with van der Waals surface area (Å²) in [7, 11) is 4.66. The number of hydrogen-bond acceptors (Lipinski definition) is 23. The molecule has 0 spiro atoms. The van der Waals surface area contributed by atoms with E-state index in [0.29, 0.717) is 0 Å². The van der Waals surface area contributed by atoms with Crippen LogP contribution in [0.4, 0.5) is 0 Å². The van der Waals surface area contributed by atoms with Crippen molar-refractivity contribution in [1.82, 2.24) is 0 Å². The maximum Gasteiger partial charge on any atom is 0.344 e. The molecule has 0 saturated heterocycles. The predicted octanol–water partition coefficient (Wildman–Crippen LogP) is 8.19. The van der Waals surface area contributed by atoms with E-state index in [2.05, 4.69) is 0 Å². The van der Waals surface area contributed by atoms with Crippen molar-refractivity contribution >= 4 is 34.8 Å². The fourth-order valence-corrected chi connectivity index (χ4v) is 9.14. The first-order valence-corrected chi connectivity index (χ1v) is 22.9. The molecule has 7 aromatic rings. The molecule has 23 heteroatoms. The first-order valence-electron chi connectivity index (χ1n) is 22.9. The summed E-state index contributed by atoms with van der Waals surface area (Å²) in [5.41, 5.74) is -4.16. The lowest BCUT2D eigenvalue weighted by atomic mass is 9.99. The largest absolute Gasteiger partial charge is 0.507 e. The molecule has 0 aliphatic rings. The van der Waals surface area contributed by atoms with Gasteiger partial charge in [-0.1, -0.05) is 0 Å². The van der Waals surface area contributed by atoms with Crippen LogP contribution in [-0.4, -0.2) is 98.3 Å². The minimum absolute atomic E-state index is 0.0114. The number of hydrogen-bond donors (Lipinski definition) is 9. The molecule has 0 bridgehead atoms. The Hall–Kier alpha value is -10.2. The van der Waals surface area contributed by atoms with E-state index in [0.717, 1.165) is 44.6 Å². The van der Waals surface area contributed by atoms with Crippen LogP contribution in [0.3, 0.4) is 0 Å². The van der Waals surface area contributed by atoms with Crippen molar-refractivity contribution in [1.29, 1.82) is 0 Å². The average molecular weight is 1080 g/mol. The van der Waals surface area contributed by atoms with E-state index in [9.17, 15) is 69.9 Å². The molecule has 7 rings (SSSR count). The highest BCUT2D eigenvalue weighted by molar-refractivity contribution is 6.01. The van der Waals surface area contributed by atoms with Gasteiger partial charge in [-0.05, 0) is 73.6 Å². The van der Waals surface area contributed by atoms with Gasteiger partial charge in [0.2, 0.25) is 34.2 Å². The Labute approximate surface area is 441 Å². The summed E-state index contributed by atoms with van der Waals surface area (Å²) < 4.78 is 50.2. The van der Waals surface area contributed by atoms with E-state index >= 15 is 0 Å². The van der Waals surface area contributed by atoms with Crippen LogP contribution in [0, 0.1) is 55.4 Å². The summed E-state index contributed by atoms with van der Waals surface area (Å²) in [6, 6.07) is 4.98. The SMILES string of the molecule is COc1c(C)c(C(=O)Oc2cc(O)c3c(=O)c(OC(=O)c4c(C)c(O)c(O)c(OC)c4C)c(-c4ccc(OC(=O)c5c(C)c(O)c(O)c(OC)c5C)c(OC(=O)c5c(C)c(O)c(O)c(OC)c5C)c4)oc3c2)c(C)c(O)c1O. The number of carbonyl (C=O) groups excluding carboxylic acids is 4. The highest BCUT2D eigenvalue weighted by atomic mass is 16.6. The molecule has 0 aliphatic carbocycles. The number of phenols is 9. The van der Waals surface area contributed by atoms with Crippen LogP contribution in [0.2, 0.25) is 0 Å². The molecule has 0 amide bonds. The number of aromatic hydroxyl groups is 9. The minimum atomic E-state index is -1.35. The highest BCUT2D eigenvalue weighted by Crippen LogP contribution is 2.49. The van der Waals surface area contributed by atoms with Crippen LogP contribution >= 0.6 is 0 Å². The van der Waals surface area contributed by atoms with Crippen LogP contribution < -0.4 is 43.3 Å². The first-order chi connectivity index (χ1) is 36.7. The second-order valence-electron chi connectivity index (χ2n) is 17.5. The summed E-state index contributed by atoms with van der Waals surface area (Å²) in [5.74, 6) is -16.1. The zero-order chi connectivity index (χ0) is 57.8. The molecule has 408 valence electrons. The molecule has 0 saturated carbocycles. The topological polar surface area (TPSA) is 354 Å².